The molecule has 0 unspecified atom stereocenters. The van der Waals surface area contributed by atoms with Crippen molar-refractivity contribution in [2.75, 3.05) is 33.4 Å². The van der Waals surface area contributed by atoms with Gasteiger partial charge in [-0.05, 0) is 31.6 Å². The molecule has 0 saturated heterocycles. The Morgan fingerprint density at radius 1 is 1.50 bits per heavy atom. The molecule has 1 aliphatic carbocycles. The van der Waals surface area contributed by atoms with E-state index in [0.717, 1.165) is 49.6 Å². The number of hydrogen-bond donors (Lipinski definition) is 1. The summed E-state index contributed by atoms with van der Waals surface area (Å²) in [4.78, 5) is 6.72. The highest BCUT2D eigenvalue weighted by atomic mass is 127. The second kappa shape index (κ2) is 10.9. The van der Waals surface area contributed by atoms with Gasteiger partial charge in [-0.15, -0.1) is 24.0 Å². The molecule has 1 N–H and O–H groups in total. The molecule has 6 nitrogen and oxygen atoms in total. The third-order valence-electron chi connectivity index (χ3n) is 3.87. The molecule has 138 valence electrons. The molecule has 0 atom stereocenters. The van der Waals surface area contributed by atoms with Crippen LogP contribution in [0, 0.1) is 5.92 Å². The second-order valence-corrected chi connectivity index (χ2v) is 6.48. The lowest BCUT2D eigenvalue weighted by molar-refractivity contribution is 0.115. The standard InChI is InChI=1S/C17H30N4O2.HI/c1-5-18-17(21(4)8-9-22-12-14-6-7-14)19-11-15-10-16(13(2)3)20-23-15;/h10,13-14H,5-9,11-12H2,1-4H3,(H,18,19);1H. The number of nitrogens with one attached hydrogen (secondary N) is 1. The number of halogens is 1. The van der Waals surface area contributed by atoms with Crippen LogP contribution in [0.15, 0.2) is 15.6 Å². The van der Waals surface area contributed by atoms with Crippen molar-refractivity contribution in [3.8, 4) is 0 Å². The first-order valence-electron chi connectivity index (χ1n) is 8.62. The van der Waals surface area contributed by atoms with Gasteiger partial charge in [-0.1, -0.05) is 19.0 Å². The molecular weight excluding hydrogens is 419 g/mol. The summed E-state index contributed by atoms with van der Waals surface area (Å²) in [6.07, 6.45) is 2.66. The van der Waals surface area contributed by atoms with Crippen LogP contribution in [0.1, 0.15) is 51.0 Å². The predicted molar refractivity (Wildman–Crippen MR) is 107 cm³/mol. The Morgan fingerprint density at radius 2 is 2.25 bits per heavy atom. The van der Waals surface area contributed by atoms with E-state index < -0.39 is 0 Å². The summed E-state index contributed by atoms with van der Waals surface area (Å²) < 4.78 is 11.0. The van der Waals surface area contributed by atoms with Crippen LogP contribution in [-0.2, 0) is 11.3 Å². The van der Waals surface area contributed by atoms with Gasteiger partial charge in [0.2, 0.25) is 0 Å². The van der Waals surface area contributed by atoms with E-state index in [1.165, 1.54) is 12.8 Å². The van der Waals surface area contributed by atoms with Gasteiger partial charge in [-0.3, -0.25) is 0 Å². The number of rotatable bonds is 9. The van der Waals surface area contributed by atoms with Crippen molar-refractivity contribution in [1.82, 2.24) is 15.4 Å². The van der Waals surface area contributed by atoms with E-state index >= 15 is 0 Å². The monoisotopic (exact) mass is 450 g/mol. The zero-order chi connectivity index (χ0) is 16.7. The molecule has 7 heteroatoms. The van der Waals surface area contributed by atoms with Crippen LogP contribution in [0.2, 0.25) is 0 Å². The maximum Gasteiger partial charge on any atom is 0.194 e. The van der Waals surface area contributed by atoms with Gasteiger partial charge in [0.1, 0.15) is 6.54 Å². The average Bonchev–Trinajstić information content (AvgIpc) is 3.22. The summed E-state index contributed by atoms with van der Waals surface area (Å²) in [5.41, 5.74) is 0.974. The third-order valence-corrected chi connectivity index (χ3v) is 3.87. The molecule has 0 bridgehead atoms. The molecule has 1 fully saturated rings. The Balaban J connectivity index is 0.00000288. The smallest absolute Gasteiger partial charge is 0.194 e. The minimum atomic E-state index is 0. The normalized spacial score (nSPS) is 14.6. The Kier molecular flexibility index (Phi) is 9.65. The molecule has 0 aromatic carbocycles. The number of guanidine groups is 1. The van der Waals surface area contributed by atoms with E-state index in [1.54, 1.807) is 0 Å². The molecule has 1 aromatic rings. The average molecular weight is 450 g/mol. The molecule has 0 amide bonds. The van der Waals surface area contributed by atoms with E-state index in [-0.39, 0.29) is 24.0 Å². The minimum Gasteiger partial charge on any atom is -0.379 e. The van der Waals surface area contributed by atoms with Gasteiger partial charge in [-0.25, -0.2) is 4.99 Å². The Morgan fingerprint density at radius 3 is 2.83 bits per heavy atom. The summed E-state index contributed by atoms with van der Waals surface area (Å²) >= 11 is 0. The quantitative estimate of drug-likeness (QED) is 0.271. The van der Waals surface area contributed by atoms with Crippen molar-refractivity contribution < 1.29 is 9.26 Å². The summed E-state index contributed by atoms with van der Waals surface area (Å²) in [6.45, 7) is 10.1. The lowest BCUT2D eigenvalue weighted by Crippen LogP contribution is -2.40. The Hall–Kier alpha value is -0.830. The molecule has 0 aliphatic heterocycles. The predicted octanol–water partition coefficient (Wildman–Crippen LogP) is 3.24. The first-order chi connectivity index (χ1) is 11.1. The van der Waals surface area contributed by atoms with Gasteiger partial charge in [0.25, 0.3) is 0 Å². The fourth-order valence-electron chi connectivity index (χ4n) is 2.14. The highest BCUT2D eigenvalue weighted by Gasteiger charge is 2.21. The van der Waals surface area contributed by atoms with Crippen LogP contribution in [0.4, 0.5) is 0 Å². The molecule has 1 saturated carbocycles. The van der Waals surface area contributed by atoms with Crippen LogP contribution in [-0.4, -0.2) is 49.4 Å². The van der Waals surface area contributed by atoms with Gasteiger partial charge in [0, 0.05) is 32.8 Å². The maximum absolute atomic E-state index is 5.70. The molecule has 24 heavy (non-hydrogen) atoms. The zero-order valence-corrected chi connectivity index (χ0v) is 17.6. The number of hydrogen-bond acceptors (Lipinski definition) is 4. The fourth-order valence-corrected chi connectivity index (χ4v) is 2.14. The van der Waals surface area contributed by atoms with Crippen molar-refractivity contribution in [3.05, 3.63) is 17.5 Å². The minimum absolute atomic E-state index is 0. The zero-order valence-electron chi connectivity index (χ0n) is 15.2. The molecule has 1 heterocycles. The number of aromatic nitrogens is 1. The van der Waals surface area contributed by atoms with E-state index in [9.17, 15) is 0 Å². The van der Waals surface area contributed by atoms with E-state index in [1.807, 2.05) is 13.1 Å². The number of ether oxygens (including phenoxy) is 1. The SMILES string of the molecule is CCNC(=NCc1cc(C(C)C)no1)N(C)CCOCC1CC1.I. The van der Waals surface area contributed by atoms with Crippen LogP contribution in [0.5, 0.6) is 0 Å². The van der Waals surface area contributed by atoms with Gasteiger partial charge in [0.05, 0.1) is 12.3 Å². The highest BCUT2D eigenvalue weighted by Crippen LogP contribution is 2.28. The molecule has 0 spiro atoms. The van der Waals surface area contributed by atoms with Crippen molar-refractivity contribution in [2.45, 2.75) is 46.1 Å². The van der Waals surface area contributed by atoms with E-state index in [4.69, 9.17) is 9.26 Å². The Bertz CT molecular complexity index is 501. The number of aliphatic imine (C=N–C) groups is 1. The largest absolute Gasteiger partial charge is 0.379 e. The topological polar surface area (TPSA) is 62.9 Å². The molecule has 1 aliphatic rings. The first-order valence-corrected chi connectivity index (χ1v) is 8.62. The highest BCUT2D eigenvalue weighted by molar-refractivity contribution is 14.0. The lowest BCUT2D eigenvalue weighted by Gasteiger charge is -2.21. The van der Waals surface area contributed by atoms with Crippen molar-refractivity contribution in [2.24, 2.45) is 10.9 Å². The third kappa shape index (κ3) is 7.38. The van der Waals surface area contributed by atoms with Crippen LogP contribution >= 0.6 is 24.0 Å². The number of likely N-dealkylation sites (N-methyl/N-ethyl adjacent to an activating group) is 1. The van der Waals surface area contributed by atoms with Crippen molar-refractivity contribution in [3.63, 3.8) is 0 Å². The van der Waals surface area contributed by atoms with Crippen LogP contribution < -0.4 is 5.32 Å². The van der Waals surface area contributed by atoms with Gasteiger partial charge in [0.15, 0.2) is 11.7 Å². The lowest BCUT2D eigenvalue weighted by atomic mass is 10.1. The fraction of sp³-hybridized carbons (Fsp3) is 0.765. The van der Waals surface area contributed by atoms with E-state index in [0.29, 0.717) is 12.5 Å². The molecule has 2 rings (SSSR count). The summed E-state index contributed by atoms with van der Waals surface area (Å²) in [5, 5.41) is 7.37. The van der Waals surface area contributed by atoms with Crippen LogP contribution in [0.25, 0.3) is 0 Å². The first kappa shape index (κ1) is 21.2. The summed E-state index contributed by atoms with van der Waals surface area (Å²) in [6, 6.07) is 1.98. The van der Waals surface area contributed by atoms with Crippen molar-refractivity contribution >= 4 is 29.9 Å². The van der Waals surface area contributed by atoms with E-state index in [2.05, 4.69) is 41.1 Å². The molecule has 0 radical (unpaired) electrons. The van der Waals surface area contributed by atoms with Gasteiger partial charge < -0.3 is 19.5 Å². The van der Waals surface area contributed by atoms with Gasteiger partial charge >= 0.3 is 0 Å². The van der Waals surface area contributed by atoms with Gasteiger partial charge in [-0.2, -0.15) is 0 Å². The van der Waals surface area contributed by atoms with Crippen molar-refractivity contribution in [1.29, 1.82) is 0 Å². The summed E-state index contributed by atoms with van der Waals surface area (Å²) in [5.74, 6) is 2.84. The summed E-state index contributed by atoms with van der Waals surface area (Å²) in [7, 11) is 2.03. The number of nitrogens with zero attached hydrogens (tertiary/aromatic N) is 3. The molecular formula is C17H31IN4O2. The molecule has 1 aromatic heterocycles. The maximum atomic E-state index is 5.70. The second-order valence-electron chi connectivity index (χ2n) is 6.48. The Labute approximate surface area is 162 Å². The van der Waals surface area contributed by atoms with Crippen LogP contribution in [0.3, 0.4) is 0 Å².